The second-order valence-corrected chi connectivity index (χ2v) is 11.0. The van der Waals surface area contributed by atoms with Crippen LogP contribution in [0.2, 0.25) is 0 Å². The molecule has 0 aromatic rings. The van der Waals surface area contributed by atoms with E-state index in [1.54, 1.807) is 6.08 Å². The zero-order valence-electron chi connectivity index (χ0n) is 16.5. The molecule has 2 heterocycles. The van der Waals surface area contributed by atoms with Crippen LogP contribution < -0.4 is 0 Å². The Morgan fingerprint density at radius 3 is 1.87 bits per heavy atom. The summed E-state index contributed by atoms with van der Waals surface area (Å²) in [6.45, 7) is 6.07. The van der Waals surface area contributed by atoms with E-state index in [9.17, 15) is 19.2 Å². The Bertz CT molecular complexity index is 1010. The van der Waals surface area contributed by atoms with Crippen molar-refractivity contribution in [3.05, 3.63) is 21.1 Å². The third-order valence-electron chi connectivity index (χ3n) is 6.49. The standard InChI is InChI=1S/C20H18Br2O8/c1-17(2)15(25)27-19(29-17)7-5-8(21)12(14(19)24)11-9(22)6-10(23)20(13(7)11)28-16(26)18(3,4)30-20/h5-7,11-13H,1-4H3/t7-,11-,12+,13-,19-,20+/m1/s1. The molecule has 0 aromatic carbocycles. The quantitative estimate of drug-likeness (QED) is 0.427. The highest BCUT2D eigenvalue weighted by atomic mass is 79.9. The molecule has 4 aliphatic carbocycles. The van der Waals surface area contributed by atoms with Crippen molar-refractivity contribution in [2.75, 3.05) is 0 Å². The minimum Gasteiger partial charge on any atom is -0.422 e. The fourth-order valence-corrected chi connectivity index (χ4v) is 6.70. The second-order valence-electron chi connectivity index (χ2n) is 9.20. The molecule has 30 heavy (non-hydrogen) atoms. The van der Waals surface area contributed by atoms with Crippen LogP contribution in [-0.2, 0) is 38.1 Å². The molecule has 0 amide bonds. The molecule has 2 aliphatic heterocycles. The summed E-state index contributed by atoms with van der Waals surface area (Å²) in [5.74, 6) is -9.39. The van der Waals surface area contributed by atoms with Gasteiger partial charge in [-0.15, -0.1) is 0 Å². The minimum absolute atomic E-state index is 0.430. The van der Waals surface area contributed by atoms with E-state index < -0.39 is 70.0 Å². The van der Waals surface area contributed by atoms with Gasteiger partial charge in [-0.1, -0.05) is 37.9 Å². The first-order valence-electron chi connectivity index (χ1n) is 9.47. The van der Waals surface area contributed by atoms with Gasteiger partial charge in [0.15, 0.2) is 11.2 Å². The first kappa shape index (κ1) is 20.5. The van der Waals surface area contributed by atoms with Gasteiger partial charge in [0.2, 0.25) is 11.6 Å². The van der Waals surface area contributed by atoms with E-state index in [-0.39, 0.29) is 0 Å². The van der Waals surface area contributed by atoms with Crippen molar-refractivity contribution in [2.24, 2.45) is 23.7 Å². The Kier molecular flexibility index (Phi) is 3.91. The number of esters is 2. The number of ketones is 2. The number of Topliss-reactive ketones (excluding diaryl/α,β-unsaturated/α-hetero) is 1. The van der Waals surface area contributed by atoms with Crippen molar-refractivity contribution < 1.29 is 38.1 Å². The molecule has 0 N–H and O–H groups in total. The Balaban J connectivity index is 1.74. The highest BCUT2D eigenvalue weighted by Gasteiger charge is 2.78. The van der Waals surface area contributed by atoms with Gasteiger partial charge in [-0.2, -0.15) is 0 Å². The molecule has 1 saturated carbocycles. The highest BCUT2D eigenvalue weighted by molar-refractivity contribution is 9.12. The summed E-state index contributed by atoms with van der Waals surface area (Å²) in [7, 11) is 0. The zero-order chi connectivity index (χ0) is 22.0. The molecular formula is C20H18Br2O8. The van der Waals surface area contributed by atoms with E-state index in [0.717, 1.165) is 0 Å². The van der Waals surface area contributed by atoms with Gasteiger partial charge in [-0.3, -0.25) is 9.59 Å². The van der Waals surface area contributed by atoms with E-state index in [1.165, 1.54) is 33.8 Å². The predicted octanol–water partition coefficient (Wildman–Crippen LogP) is 2.28. The molecule has 2 saturated heterocycles. The molecule has 6 aliphatic rings. The average Bonchev–Trinajstić information content (AvgIpc) is 3.01. The Labute approximate surface area is 188 Å². The molecular weight excluding hydrogens is 528 g/mol. The lowest BCUT2D eigenvalue weighted by atomic mass is 9.54. The number of hydrogen-bond donors (Lipinski definition) is 0. The van der Waals surface area contributed by atoms with Crippen LogP contribution in [0.25, 0.3) is 0 Å². The first-order valence-corrected chi connectivity index (χ1v) is 11.1. The van der Waals surface area contributed by atoms with Crippen molar-refractivity contribution in [3.63, 3.8) is 0 Å². The van der Waals surface area contributed by atoms with Crippen molar-refractivity contribution >= 4 is 55.4 Å². The summed E-state index contributed by atoms with van der Waals surface area (Å²) in [4.78, 5) is 51.8. The lowest BCUT2D eigenvalue weighted by molar-refractivity contribution is -0.277. The maximum absolute atomic E-state index is 13.6. The monoisotopic (exact) mass is 544 g/mol. The molecule has 2 spiro atoms. The number of halogens is 2. The highest BCUT2D eigenvalue weighted by Crippen LogP contribution is 2.65. The van der Waals surface area contributed by atoms with Crippen molar-refractivity contribution in [2.45, 2.75) is 50.5 Å². The molecule has 2 bridgehead atoms. The first-order chi connectivity index (χ1) is 13.8. The van der Waals surface area contributed by atoms with Crippen LogP contribution in [0.15, 0.2) is 21.1 Å². The molecule has 6 rings (SSSR count). The second kappa shape index (κ2) is 5.70. The van der Waals surface area contributed by atoms with Gasteiger partial charge in [-0.25, -0.2) is 9.59 Å². The molecule has 0 unspecified atom stereocenters. The third-order valence-corrected chi connectivity index (χ3v) is 8.00. The van der Waals surface area contributed by atoms with Crippen molar-refractivity contribution in [1.82, 2.24) is 0 Å². The van der Waals surface area contributed by atoms with Crippen LogP contribution in [0.3, 0.4) is 0 Å². The smallest absolute Gasteiger partial charge is 0.340 e. The topological polar surface area (TPSA) is 105 Å². The summed E-state index contributed by atoms with van der Waals surface area (Å²) in [5.41, 5.74) is -2.71. The fraction of sp³-hybridized carbons (Fsp3) is 0.600. The summed E-state index contributed by atoms with van der Waals surface area (Å²) in [6, 6.07) is 0. The Morgan fingerprint density at radius 2 is 1.37 bits per heavy atom. The van der Waals surface area contributed by atoms with E-state index in [2.05, 4.69) is 31.9 Å². The maximum Gasteiger partial charge on any atom is 0.340 e. The van der Waals surface area contributed by atoms with Gasteiger partial charge in [0, 0.05) is 14.9 Å². The average molecular weight is 546 g/mol. The van der Waals surface area contributed by atoms with Crippen molar-refractivity contribution in [3.8, 4) is 0 Å². The fourth-order valence-electron chi connectivity index (χ4n) is 5.16. The van der Waals surface area contributed by atoms with Crippen LogP contribution >= 0.6 is 31.9 Å². The van der Waals surface area contributed by atoms with Gasteiger partial charge in [0.05, 0.1) is 17.8 Å². The number of ether oxygens (including phenoxy) is 4. The van der Waals surface area contributed by atoms with Gasteiger partial charge in [0.1, 0.15) is 0 Å². The summed E-state index contributed by atoms with van der Waals surface area (Å²) in [5, 5.41) is 0. The Hall–Kier alpha value is -1.36. The van der Waals surface area contributed by atoms with E-state index >= 15 is 0 Å². The van der Waals surface area contributed by atoms with Gasteiger partial charge in [-0.05, 0) is 33.8 Å². The van der Waals surface area contributed by atoms with Crippen LogP contribution in [0, 0.1) is 23.7 Å². The molecule has 6 atom stereocenters. The largest absolute Gasteiger partial charge is 0.422 e. The SMILES string of the molecule is CC1(C)O[C@@]2(OC1=O)C(=O)C=C(Br)[C@@H]1[C@H]3C(=O)[C@@]4(OC(=O)C(C)(C)O4)[C@H](C=C3Br)[C@H]12. The number of allylic oxidation sites excluding steroid dienone is 2. The van der Waals surface area contributed by atoms with Crippen LogP contribution in [-0.4, -0.2) is 46.3 Å². The Morgan fingerprint density at radius 1 is 0.833 bits per heavy atom. The van der Waals surface area contributed by atoms with E-state index in [4.69, 9.17) is 18.9 Å². The summed E-state index contributed by atoms with van der Waals surface area (Å²) < 4.78 is 24.2. The van der Waals surface area contributed by atoms with Gasteiger partial charge >= 0.3 is 11.9 Å². The van der Waals surface area contributed by atoms with Crippen LogP contribution in [0.1, 0.15) is 27.7 Å². The lowest BCUT2D eigenvalue weighted by Crippen LogP contribution is -2.70. The number of rotatable bonds is 0. The molecule has 3 fully saturated rings. The number of carbonyl (C=O) groups excluding carboxylic acids is 4. The summed E-state index contributed by atoms with van der Waals surface area (Å²) >= 11 is 6.89. The van der Waals surface area contributed by atoms with Crippen LogP contribution in [0.5, 0.6) is 0 Å². The molecule has 0 aromatic heterocycles. The van der Waals surface area contributed by atoms with E-state index in [1.807, 2.05) is 0 Å². The van der Waals surface area contributed by atoms with Crippen LogP contribution in [0.4, 0.5) is 0 Å². The van der Waals surface area contributed by atoms with E-state index in [0.29, 0.717) is 8.96 Å². The maximum atomic E-state index is 13.6. The normalized spacial score (nSPS) is 45.4. The van der Waals surface area contributed by atoms with Gasteiger partial charge < -0.3 is 18.9 Å². The lowest BCUT2D eigenvalue weighted by Gasteiger charge is -2.56. The number of carbonyl (C=O) groups is 4. The number of hydrogen-bond acceptors (Lipinski definition) is 8. The molecule has 160 valence electrons. The third kappa shape index (κ3) is 2.23. The zero-order valence-corrected chi connectivity index (χ0v) is 19.7. The van der Waals surface area contributed by atoms with Gasteiger partial charge in [0.25, 0.3) is 11.6 Å². The molecule has 8 nitrogen and oxygen atoms in total. The minimum atomic E-state index is -1.95. The molecule has 0 radical (unpaired) electrons. The summed E-state index contributed by atoms with van der Waals surface area (Å²) in [6.07, 6.45) is 2.99. The predicted molar refractivity (Wildman–Crippen MR) is 106 cm³/mol. The molecule has 10 heteroatoms. The van der Waals surface area contributed by atoms with Crippen molar-refractivity contribution in [1.29, 1.82) is 0 Å².